The zero-order valence-corrected chi connectivity index (χ0v) is 9.08. The van der Waals surface area contributed by atoms with Crippen molar-refractivity contribution in [3.05, 3.63) is 22.7 Å². The second-order valence-corrected chi connectivity index (χ2v) is 3.27. The van der Waals surface area contributed by atoms with E-state index in [0.717, 1.165) is 0 Å². The molecule has 0 fully saturated rings. The molecule has 0 atom stereocenters. The van der Waals surface area contributed by atoms with Gasteiger partial charge in [0, 0.05) is 0 Å². The Balaban J connectivity index is 3.02. The lowest BCUT2D eigenvalue weighted by Crippen LogP contribution is -1.97. The summed E-state index contributed by atoms with van der Waals surface area (Å²) in [6.07, 6.45) is 0. The number of nitrogens with zero attached hydrogens (tertiary/aromatic N) is 3. The van der Waals surface area contributed by atoms with Crippen molar-refractivity contribution in [2.24, 2.45) is 5.10 Å². The van der Waals surface area contributed by atoms with E-state index in [-0.39, 0.29) is 16.5 Å². The van der Waals surface area contributed by atoms with Crippen molar-refractivity contribution in [3.8, 4) is 17.9 Å². The standard InChI is InChI=1S/C10H7ClN4O/c1-6-2-3-8(9(11)10(6)16)15-14-7(4-12)5-13/h2-3,15-16H,1H3. The quantitative estimate of drug-likeness (QED) is 0.606. The molecule has 80 valence electrons. The third-order valence-corrected chi connectivity index (χ3v) is 2.20. The van der Waals surface area contributed by atoms with Crippen molar-refractivity contribution in [2.45, 2.75) is 6.92 Å². The molecule has 1 rings (SSSR count). The summed E-state index contributed by atoms with van der Waals surface area (Å²) in [6.45, 7) is 1.70. The Morgan fingerprint density at radius 1 is 1.44 bits per heavy atom. The highest BCUT2D eigenvalue weighted by Gasteiger charge is 2.07. The van der Waals surface area contributed by atoms with Crippen LogP contribution in [0.4, 0.5) is 5.69 Å². The molecule has 6 heteroatoms. The highest BCUT2D eigenvalue weighted by Crippen LogP contribution is 2.33. The van der Waals surface area contributed by atoms with Crippen molar-refractivity contribution in [1.29, 1.82) is 10.5 Å². The van der Waals surface area contributed by atoms with Crippen LogP contribution in [0.15, 0.2) is 17.2 Å². The van der Waals surface area contributed by atoms with Crippen molar-refractivity contribution in [3.63, 3.8) is 0 Å². The van der Waals surface area contributed by atoms with Crippen molar-refractivity contribution >= 4 is 23.0 Å². The molecule has 1 aromatic carbocycles. The summed E-state index contributed by atoms with van der Waals surface area (Å²) in [6, 6.07) is 6.40. The van der Waals surface area contributed by atoms with Gasteiger partial charge >= 0.3 is 0 Å². The first kappa shape index (κ1) is 11.8. The van der Waals surface area contributed by atoms with E-state index < -0.39 is 0 Å². The Morgan fingerprint density at radius 3 is 2.62 bits per heavy atom. The highest BCUT2D eigenvalue weighted by molar-refractivity contribution is 6.34. The van der Waals surface area contributed by atoms with E-state index in [2.05, 4.69) is 10.5 Å². The SMILES string of the molecule is Cc1ccc(NN=C(C#N)C#N)c(Cl)c1O. The molecule has 2 N–H and O–H groups in total. The molecule has 0 unspecified atom stereocenters. The van der Waals surface area contributed by atoms with E-state index in [1.807, 2.05) is 0 Å². The molecule has 0 aliphatic carbocycles. The first-order chi connectivity index (χ1) is 7.60. The Labute approximate surface area is 97.2 Å². The van der Waals surface area contributed by atoms with Crippen LogP contribution in [-0.2, 0) is 0 Å². The summed E-state index contributed by atoms with van der Waals surface area (Å²) in [4.78, 5) is 0. The number of phenols is 1. The van der Waals surface area contributed by atoms with Crippen LogP contribution in [0.5, 0.6) is 5.75 Å². The number of nitrogens with one attached hydrogen (secondary N) is 1. The van der Waals surface area contributed by atoms with Gasteiger partial charge in [0.1, 0.15) is 22.9 Å². The van der Waals surface area contributed by atoms with Crippen molar-refractivity contribution in [1.82, 2.24) is 0 Å². The fourth-order valence-corrected chi connectivity index (χ4v) is 1.19. The van der Waals surface area contributed by atoms with Crippen LogP contribution < -0.4 is 5.43 Å². The monoisotopic (exact) mass is 234 g/mol. The van der Waals surface area contributed by atoms with Gasteiger partial charge in [-0.05, 0) is 18.6 Å². The van der Waals surface area contributed by atoms with Crippen LogP contribution >= 0.6 is 11.6 Å². The maximum Gasteiger partial charge on any atom is 0.237 e. The number of benzene rings is 1. The maximum absolute atomic E-state index is 9.52. The van der Waals surface area contributed by atoms with Gasteiger partial charge in [-0.3, -0.25) is 5.43 Å². The summed E-state index contributed by atoms with van der Waals surface area (Å²) in [5.74, 6) is -0.0580. The van der Waals surface area contributed by atoms with E-state index in [0.29, 0.717) is 11.3 Å². The summed E-state index contributed by atoms with van der Waals surface area (Å²) in [5.41, 5.74) is 3.06. The lowest BCUT2D eigenvalue weighted by Gasteiger charge is -2.06. The van der Waals surface area contributed by atoms with E-state index in [9.17, 15) is 5.11 Å². The number of hydrogen-bond donors (Lipinski definition) is 2. The minimum absolute atomic E-state index is 0.0580. The predicted molar refractivity (Wildman–Crippen MR) is 60.1 cm³/mol. The van der Waals surface area contributed by atoms with Crippen molar-refractivity contribution in [2.75, 3.05) is 5.43 Å². The highest BCUT2D eigenvalue weighted by atomic mass is 35.5. The molecule has 5 nitrogen and oxygen atoms in total. The molecule has 16 heavy (non-hydrogen) atoms. The van der Waals surface area contributed by atoms with Gasteiger partial charge in [-0.2, -0.15) is 15.6 Å². The summed E-state index contributed by atoms with van der Waals surface area (Å²) >= 11 is 5.82. The average molecular weight is 235 g/mol. The number of halogens is 1. The largest absolute Gasteiger partial charge is 0.506 e. The Morgan fingerprint density at radius 2 is 2.06 bits per heavy atom. The third-order valence-electron chi connectivity index (χ3n) is 1.82. The van der Waals surface area contributed by atoms with E-state index in [1.54, 1.807) is 31.2 Å². The van der Waals surface area contributed by atoms with Crippen LogP contribution in [-0.4, -0.2) is 10.8 Å². The van der Waals surface area contributed by atoms with Crippen LogP contribution in [0.3, 0.4) is 0 Å². The fraction of sp³-hybridized carbons (Fsp3) is 0.100. The van der Waals surface area contributed by atoms with Gasteiger partial charge in [-0.25, -0.2) is 0 Å². The second-order valence-electron chi connectivity index (χ2n) is 2.89. The number of hydrogen-bond acceptors (Lipinski definition) is 5. The molecule has 1 aromatic rings. The molecule has 0 aliphatic rings. The maximum atomic E-state index is 9.52. The Bertz CT molecular complexity index is 509. The second kappa shape index (κ2) is 5.01. The molecular weight excluding hydrogens is 228 g/mol. The number of hydrazone groups is 1. The van der Waals surface area contributed by atoms with E-state index in [4.69, 9.17) is 22.1 Å². The molecule has 0 spiro atoms. The van der Waals surface area contributed by atoms with Gasteiger partial charge in [0.25, 0.3) is 0 Å². The lowest BCUT2D eigenvalue weighted by atomic mass is 10.2. The van der Waals surface area contributed by atoms with E-state index >= 15 is 0 Å². The first-order valence-corrected chi connectivity index (χ1v) is 4.60. The molecule has 0 heterocycles. The summed E-state index contributed by atoms with van der Waals surface area (Å²) in [7, 11) is 0. The zero-order valence-electron chi connectivity index (χ0n) is 8.32. The van der Waals surface area contributed by atoms with Crippen LogP contribution in [0.2, 0.25) is 5.02 Å². The van der Waals surface area contributed by atoms with Gasteiger partial charge in [-0.1, -0.05) is 17.7 Å². The number of aromatic hydroxyl groups is 1. The minimum Gasteiger partial charge on any atom is -0.506 e. The topological polar surface area (TPSA) is 92.2 Å². The predicted octanol–water partition coefficient (Wildman–Crippen LogP) is 2.17. The normalized spacial score (nSPS) is 8.75. The van der Waals surface area contributed by atoms with Crippen LogP contribution in [0.25, 0.3) is 0 Å². The van der Waals surface area contributed by atoms with Gasteiger partial charge in [0.05, 0.1) is 5.69 Å². The number of nitriles is 2. The molecule has 0 saturated heterocycles. The van der Waals surface area contributed by atoms with Gasteiger partial charge in [-0.15, -0.1) is 0 Å². The third kappa shape index (κ3) is 2.41. The molecule has 0 aliphatic heterocycles. The van der Waals surface area contributed by atoms with Crippen LogP contribution in [0.1, 0.15) is 5.56 Å². The number of rotatable bonds is 2. The number of anilines is 1. The molecule has 0 amide bonds. The van der Waals surface area contributed by atoms with Crippen LogP contribution in [0, 0.1) is 29.6 Å². The molecule has 0 bridgehead atoms. The lowest BCUT2D eigenvalue weighted by molar-refractivity contribution is 0.471. The fourth-order valence-electron chi connectivity index (χ4n) is 0.939. The first-order valence-electron chi connectivity index (χ1n) is 4.22. The number of phenolic OH excluding ortho intramolecular Hbond substituents is 1. The van der Waals surface area contributed by atoms with Crippen molar-refractivity contribution < 1.29 is 5.11 Å². The zero-order chi connectivity index (χ0) is 12.1. The average Bonchev–Trinajstić information content (AvgIpc) is 2.30. The Hall–Kier alpha value is -2.24. The molecule has 0 aromatic heterocycles. The molecule has 0 saturated carbocycles. The minimum atomic E-state index is -0.323. The summed E-state index contributed by atoms with van der Waals surface area (Å²) < 4.78 is 0. The van der Waals surface area contributed by atoms with Gasteiger partial charge in [0.15, 0.2) is 0 Å². The van der Waals surface area contributed by atoms with Gasteiger partial charge in [0.2, 0.25) is 5.71 Å². The molecule has 0 radical (unpaired) electrons. The Kier molecular flexibility index (Phi) is 3.71. The summed E-state index contributed by atoms with van der Waals surface area (Å²) in [5, 5.41) is 30.0. The van der Waals surface area contributed by atoms with E-state index in [1.165, 1.54) is 0 Å². The smallest absolute Gasteiger partial charge is 0.237 e. The number of aryl methyl sites for hydroxylation is 1. The molecular formula is C10H7ClN4O. The van der Waals surface area contributed by atoms with Gasteiger partial charge < -0.3 is 5.11 Å².